The van der Waals surface area contributed by atoms with Gasteiger partial charge in [-0.2, -0.15) is 5.10 Å². The van der Waals surface area contributed by atoms with Crippen molar-refractivity contribution in [3.63, 3.8) is 0 Å². The lowest BCUT2D eigenvalue weighted by Crippen LogP contribution is -2.57. The zero-order valence-electron chi connectivity index (χ0n) is 26.8. The fourth-order valence-electron chi connectivity index (χ4n) is 6.25. The first-order chi connectivity index (χ1) is 21.5. The molecule has 2 saturated heterocycles. The van der Waals surface area contributed by atoms with Crippen LogP contribution in [0, 0.1) is 12.8 Å². The Balaban J connectivity index is 1.23. The zero-order valence-corrected chi connectivity index (χ0v) is 26.8. The lowest BCUT2D eigenvalue weighted by Gasteiger charge is -2.39. The van der Waals surface area contributed by atoms with E-state index in [1.807, 2.05) is 56.9 Å². The molecule has 2 aliphatic heterocycles. The number of fused-ring (bicyclic) bond motifs is 1. The topological polar surface area (TPSA) is 150 Å². The third kappa shape index (κ3) is 8.30. The van der Waals surface area contributed by atoms with E-state index in [1.54, 1.807) is 23.5 Å². The molecule has 242 valence electrons. The van der Waals surface area contributed by atoms with Crippen LogP contribution < -0.4 is 16.0 Å². The number of hydrogen-bond donors (Lipinski definition) is 3. The zero-order chi connectivity index (χ0) is 32.1. The van der Waals surface area contributed by atoms with Crippen molar-refractivity contribution in [2.24, 2.45) is 11.7 Å². The average Bonchev–Trinajstić information content (AvgIpc) is 3.50. The molecule has 3 aromatic rings. The number of ether oxygens (including phenoxy) is 1. The SMILES string of the molecule is Cc1cc(CC(N)C(=O)NC(CC2CCN(C(=O)OC(C)(C)C)CC2)C(=O)N2CCN(c3ccncc3)CC2)cc2cn[nH]c12. The molecule has 0 radical (unpaired) electrons. The molecular weight excluding hydrogens is 572 g/mol. The minimum atomic E-state index is -0.818. The lowest BCUT2D eigenvalue weighted by molar-refractivity contribution is -0.137. The van der Waals surface area contributed by atoms with E-state index in [9.17, 15) is 14.4 Å². The van der Waals surface area contributed by atoms with Crippen molar-refractivity contribution >= 4 is 34.5 Å². The fourth-order valence-corrected chi connectivity index (χ4v) is 6.25. The van der Waals surface area contributed by atoms with Crippen LogP contribution in [-0.4, -0.2) is 99.8 Å². The number of nitrogens with one attached hydrogen (secondary N) is 2. The van der Waals surface area contributed by atoms with E-state index < -0.39 is 17.7 Å². The molecule has 4 N–H and O–H groups in total. The number of amides is 3. The fraction of sp³-hybridized carbons (Fsp3) is 0.545. The highest BCUT2D eigenvalue weighted by Gasteiger charge is 2.34. The van der Waals surface area contributed by atoms with Gasteiger partial charge in [-0.25, -0.2) is 4.79 Å². The maximum Gasteiger partial charge on any atom is 0.410 e. The number of carbonyl (C=O) groups excluding carboxylic acids is 3. The summed E-state index contributed by atoms with van der Waals surface area (Å²) < 4.78 is 5.55. The molecular formula is C33H46N8O4. The van der Waals surface area contributed by atoms with Gasteiger partial charge in [0.25, 0.3) is 0 Å². The van der Waals surface area contributed by atoms with E-state index in [0.29, 0.717) is 52.1 Å². The number of pyridine rings is 1. The van der Waals surface area contributed by atoms with E-state index in [4.69, 9.17) is 10.5 Å². The predicted octanol–water partition coefficient (Wildman–Crippen LogP) is 3.01. The second-order valence-electron chi connectivity index (χ2n) is 13.3. The molecule has 2 fully saturated rings. The molecule has 1 aromatic carbocycles. The number of aromatic amines is 1. The molecule has 0 aliphatic carbocycles. The maximum absolute atomic E-state index is 14.0. The molecule has 45 heavy (non-hydrogen) atoms. The Morgan fingerprint density at radius 1 is 1.04 bits per heavy atom. The highest BCUT2D eigenvalue weighted by atomic mass is 16.6. The second kappa shape index (κ2) is 13.8. The molecule has 3 amide bonds. The highest BCUT2D eigenvalue weighted by molar-refractivity contribution is 5.90. The Hall–Kier alpha value is -4.19. The molecule has 0 saturated carbocycles. The van der Waals surface area contributed by atoms with Crippen molar-refractivity contribution in [3.8, 4) is 0 Å². The number of nitrogens with zero attached hydrogens (tertiary/aromatic N) is 5. The summed E-state index contributed by atoms with van der Waals surface area (Å²) in [7, 11) is 0. The van der Waals surface area contributed by atoms with Gasteiger partial charge >= 0.3 is 6.09 Å². The average molecular weight is 619 g/mol. The van der Waals surface area contributed by atoms with Gasteiger partial charge < -0.3 is 30.5 Å². The lowest BCUT2D eigenvalue weighted by atomic mass is 9.89. The van der Waals surface area contributed by atoms with Crippen LogP contribution in [0.2, 0.25) is 0 Å². The Kier molecular flexibility index (Phi) is 9.91. The Morgan fingerprint density at radius 3 is 2.40 bits per heavy atom. The highest BCUT2D eigenvalue weighted by Crippen LogP contribution is 2.25. The van der Waals surface area contributed by atoms with Crippen molar-refractivity contribution < 1.29 is 19.1 Å². The Morgan fingerprint density at radius 2 is 1.73 bits per heavy atom. The molecule has 12 nitrogen and oxygen atoms in total. The molecule has 2 atom stereocenters. The summed E-state index contributed by atoms with van der Waals surface area (Å²) in [5, 5.41) is 11.1. The number of H-pyrrole nitrogens is 1. The maximum atomic E-state index is 14.0. The molecule has 12 heteroatoms. The van der Waals surface area contributed by atoms with E-state index in [-0.39, 0.29) is 23.8 Å². The molecule has 5 rings (SSSR count). The van der Waals surface area contributed by atoms with E-state index >= 15 is 0 Å². The standard InChI is InChI=1S/C33H46N8O4/c1-22-17-24(18-25-21-36-38-29(22)25)19-27(34)30(42)37-28(20-23-7-11-41(12-8-23)32(44)45-33(2,3)4)31(43)40-15-13-39(14-16-40)26-5-9-35-10-6-26/h5-6,9-10,17-18,21,23,27-28H,7-8,11-16,19-20,34H2,1-4H3,(H,36,38)(H,37,42). The second-order valence-corrected chi connectivity index (χ2v) is 13.3. The van der Waals surface area contributed by atoms with Gasteiger partial charge in [0.05, 0.1) is 17.8 Å². The first-order valence-corrected chi connectivity index (χ1v) is 15.9. The normalized spacial score (nSPS) is 17.7. The summed E-state index contributed by atoms with van der Waals surface area (Å²) in [6.45, 7) is 11.2. The van der Waals surface area contributed by atoms with E-state index in [0.717, 1.165) is 40.6 Å². The molecule has 0 spiro atoms. The number of piperidine rings is 1. The van der Waals surface area contributed by atoms with Gasteiger partial charge in [-0.05, 0) is 88.6 Å². The summed E-state index contributed by atoms with van der Waals surface area (Å²) in [5.74, 6) is -0.270. The van der Waals surface area contributed by atoms with Crippen molar-refractivity contribution in [2.45, 2.75) is 71.1 Å². The van der Waals surface area contributed by atoms with Crippen molar-refractivity contribution in [3.05, 3.63) is 54.0 Å². The number of anilines is 1. The third-order valence-electron chi connectivity index (χ3n) is 8.67. The summed E-state index contributed by atoms with van der Waals surface area (Å²) in [6, 6.07) is 6.42. The number of aromatic nitrogens is 3. The van der Waals surface area contributed by atoms with Gasteiger partial charge in [0, 0.05) is 62.7 Å². The van der Waals surface area contributed by atoms with Crippen LogP contribution in [0.4, 0.5) is 10.5 Å². The number of hydrogen-bond acceptors (Lipinski definition) is 8. The van der Waals surface area contributed by atoms with Gasteiger partial charge in [0.2, 0.25) is 11.8 Å². The molecule has 2 aliphatic rings. The van der Waals surface area contributed by atoms with Crippen molar-refractivity contribution in [2.75, 3.05) is 44.2 Å². The number of aryl methyl sites for hydroxylation is 1. The van der Waals surface area contributed by atoms with Crippen LogP contribution in [0.25, 0.3) is 10.9 Å². The van der Waals surface area contributed by atoms with Gasteiger partial charge in [-0.1, -0.05) is 6.07 Å². The molecule has 4 heterocycles. The van der Waals surface area contributed by atoms with Crippen LogP contribution in [0.1, 0.15) is 51.2 Å². The number of likely N-dealkylation sites (tertiary alicyclic amines) is 1. The number of benzene rings is 1. The first-order valence-electron chi connectivity index (χ1n) is 15.9. The van der Waals surface area contributed by atoms with Crippen LogP contribution in [-0.2, 0) is 20.7 Å². The van der Waals surface area contributed by atoms with Gasteiger partial charge in [-0.15, -0.1) is 0 Å². The quantitative estimate of drug-likeness (QED) is 0.349. The number of nitrogens with two attached hydrogens (primary N) is 1. The molecule has 0 bridgehead atoms. The number of carbonyl (C=O) groups is 3. The summed E-state index contributed by atoms with van der Waals surface area (Å²) in [4.78, 5) is 50.0. The molecule has 2 aromatic heterocycles. The Bertz CT molecular complexity index is 1470. The largest absolute Gasteiger partial charge is 0.444 e. The smallest absolute Gasteiger partial charge is 0.410 e. The number of rotatable bonds is 8. The van der Waals surface area contributed by atoms with Gasteiger partial charge in [0.1, 0.15) is 11.6 Å². The monoisotopic (exact) mass is 618 g/mol. The Labute approximate surface area is 264 Å². The van der Waals surface area contributed by atoms with Crippen LogP contribution in [0.5, 0.6) is 0 Å². The van der Waals surface area contributed by atoms with Crippen LogP contribution >= 0.6 is 0 Å². The van der Waals surface area contributed by atoms with Crippen molar-refractivity contribution in [1.29, 1.82) is 0 Å². The van der Waals surface area contributed by atoms with Crippen LogP contribution in [0.3, 0.4) is 0 Å². The van der Waals surface area contributed by atoms with E-state index in [2.05, 4.69) is 25.4 Å². The third-order valence-corrected chi connectivity index (χ3v) is 8.67. The summed E-state index contributed by atoms with van der Waals surface area (Å²) in [5.41, 5.74) is 9.89. The first kappa shape index (κ1) is 32.2. The summed E-state index contributed by atoms with van der Waals surface area (Å²) >= 11 is 0. The number of piperazine rings is 1. The van der Waals surface area contributed by atoms with Gasteiger partial charge in [0.15, 0.2) is 0 Å². The predicted molar refractivity (Wildman–Crippen MR) is 173 cm³/mol. The minimum absolute atomic E-state index is 0.0878. The van der Waals surface area contributed by atoms with Gasteiger partial charge in [-0.3, -0.25) is 19.7 Å². The van der Waals surface area contributed by atoms with Crippen molar-refractivity contribution in [1.82, 2.24) is 30.3 Å². The minimum Gasteiger partial charge on any atom is -0.444 e. The molecule has 2 unspecified atom stereocenters. The van der Waals surface area contributed by atoms with E-state index in [1.165, 1.54) is 0 Å². The van der Waals surface area contributed by atoms with Crippen LogP contribution in [0.15, 0.2) is 42.9 Å². The summed E-state index contributed by atoms with van der Waals surface area (Å²) in [6.07, 6.45) is 7.26.